The van der Waals surface area contributed by atoms with Crippen molar-refractivity contribution in [2.24, 2.45) is 0 Å². The first-order valence-electron chi connectivity index (χ1n) is 6.23. The van der Waals surface area contributed by atoms with Gasteiger partial charge < -0.3 is 9.84 Å². The van der Waals surface area contributed by atoms with Gasteiger partial charge in [0.2, 0.25) is 5.78 Å². The molecule has 0 amide bonds. The van der Waals surface area contributed by atoms with Gasteiger partial charge in [-0.3, -0.25) is 9.59 Å². The maximum Gasteiger partial charge on any atom is 0.495 e. The van der Waals surface area contributed by atoms with Crippen LogP contribution in [0.5, 0.6) is 0 Å². The van der Waals surface area contributed by atoms with Crippen LogP contribution in [-0.2, 0) is 14.3 Å². The van der Waals surface area contributed by atoms with Crippen LogP contribution in [0, 0.1) is 6.92 Å². The van der Waals surface area contributed by atoms with Gasteiger partial charge in [-0.15, -0.1) is 0 Å². The van der Waals surface area contributed by atoms with Gasteiger partial charge in [-0.05, 0) is 25.4 Å². The molecule has 23 heavy (non-hydrogen) atoms. The summed E-state index contributed by atoms with van der Waals surface area (Å²) in [7, 11) is 9.69. The van der Waals surface area contributed by atoms with Crippen LogP contribution in [0.1, 0.15) is 22.8 Å². The van der Waals surface area contributed by atoms with E-state index in [1.165, 1.54) is 19.1 Å². The fraction of sp³-hybridized carbons (Fsp3) is 0.214. The molecular formula is C14H13AlCl3O5. The number of ether oxygens (including phenoxy) is 1. The SMILES string of the molecule is CCOC(=O)/C(C(=O)c1ccc(C)cc1)=C(/O)C(=O)Cl.[Cl][Al][Cl]. The van der Waals surface area contributed by atoms with Gasteiger partial charge in [0.1, 0.15) is 0 Å². The highest BCUT2D eigenvalue weighted by atomic mass is 35.7. The molecule has 1 N–H and O–H groups in total. The topological polar surface area (TPSA) is 80.7 Å². The smallest absolute Gasteiger partial charge is 0.495 e. The Labute approximate surface area is 153 Å². The Bertz CT molecular complexity index is 599. The standard InChI is InChI=1S/C14H13ClO5.Al.2ClH/c1-3-20-14(19)10(12(17)13(15)18)11(16)9-6-4-8(2)5-7-9;;;/h4-7,17H,3H2,1-2H3;;2*1H/q;+2;;/p-2/b12-10+;;;. The summed E-state index contributed by atoms with van der Waals surface area (Å²) >= 11 is 4.81. The minimum atomic E-state index is -1.30. The van der Waals surface area contributed by atoms with Crippen LogP contribution in [-0.4, -0.2) is 42.1 Å². The van der Waals surface area contributed by atoms with Crippen LogP contribution < -0.4 is 0 Å². The van der Waals surface area contributed by atoms with Crippen molar-refractivity contribution >= 4 is 62.1 Å². The molecule has 0 aliphatic heterocycles. The quantitative estimate of drug-likeness (QED) is 0.121. The first kappa shape index (κ1) is 22.0. The number of hydrogen-bond acceptors (Lipinski definition) is 5. The summed E-state index contributed by atoms with van der Waals surface area (Å²) in [5, 5.41) is 8.25. The molecule has 9 heteroatoms. The zero-order valence-corrected chi connectivity index (χ0v) is 15.7. The third kappa shape index (κ3) is 7.38. The molecule has 0 saturated heterocycles. The molecular weight excluding hydrogens is 381 g/mol. The number of halogens is 3. The average molecular weight is 395 g/mol. The van der Waals surface area contributed by atoms with Crippen LogP contribution in [0.15, 0.2) is 35.6 Å². The first-order chi connectivity index (χ1) is 10.8. The number of benzene rings is 1. The molecule has 5 nitrogen and oxygen atoms in total. The molecule has 0 aliphatic carbocycles. The lowest BCUT2D eigenvalue weighted by Crippen LogP contribution is -2.20. The molecule has 0 fully saturated rings. The van der Waals surface area contributed by atoms with Gasteiger partial charge in [0.05, 0.1) is 6.61 Å². The number of Topliss-reactive ketones (excluding diaryl/α,β-unsaturated/α-hetero) is 1. The Hall–Kier alpha value is -1.03. The minimum absolute atomic E-state index is 0.00668. The van der Waals surface area contributed by atoms with Crippen LogP contribution in [0.3, 0.4) is 0 Å². The lowest BCUT2D eigenvalue weighted by atomic mass is 10.0. The monoisotopic (exact) mass is 393 g/mol. The van der Waals surface area contributed by atoms with Gasteiger partial charge in [-0.1, -0.05) is 29.8 Å². The van der Waals surface area contributed by atoms with Gasteiger partial charge in [-0.25, -0.2) is 24.9 Å². The van der Waals surface area contributed by atoms with E-state index in [1.807, 2.05) is 6.92 Å². The largest absolute Gasteiger partial charge is 0.503 e. The molecule has 1 rings (SSSR count). The third-order valence-electron chi connectivity index (χ3n) is 2.44. The molecule has 0 unspecified atom stereocenters. The van der Waals surface area contributed by atoms with Crippen molar-refractivity contribution in [1.82, 2.24) is 0 Å². The highest BCUT2D eigenvalue weighted by molar-refractivity contribution is 7.22. The van der Waals surface area contributed by atoms with Crippen molar-refractivity contribution in [3.05, 3.63) is 46.7 Å². The summed E-state index contributed by atoms with van der Waals surface area (Å²) < 4.78 is 4.65. The maximum atomic E-state index is 12.2. The lowest BCUT2D eigenvalue weighted by molar-refractivity contribution is -0.138. The van der Waals surface area contributed by atoms with Crippen LogP contribution in [0.4, 0.5) is 0 Å². The summed E-state index contributed by atoms with van der Waals surface area (Å²) in [4.78, 5) is 34.9. The van der Waals surface area contributed by atoms with E-state index in [0.717, 1.165) is 5.56 Å². The normalized spacial score (nSPS) is 10.7. The number of rotatable bonds is 5. The predicted molar refractivity (Wildman–Crippen MR) is 90.1 cm³/mol. The van der Waals surface area contributed by atoms with Gasteiger partial charge >= 0.3 is 19.3 Å². The van der Waals surface area contributed by atoms with Gasteiger partial charge in [0.25, 0.3) is 5.24 Å². The van der Waals surface area contributed by atoms with E-state index >= 15 is 0 Å². The number of aliphatic hydroxyl groups is 1. The molecule has 123 valence electrons. The molecule has 1 radical (unpaired) electrons. The minimum Gasteiger partial charge on any atom is -0.503 e. The summed E-state index contributed by atoms with van der Waals surface area (Å²) in [6, 6.07) is 6.27. The van der Waals surface area contributed by atoms with E-state index in [9.17, 15) is 19.5 Å². The predicted octanol–water partition coefficient (Wildman–Crippen LogP) is 3.32. The molecule has 1 aromatic rings. The number of carbonyl (C=O) groups excluding carboxylic acids is 3. The van der Waals surface area contributed by atoms with E-state index in [-0.39, 0.29) is 25.5 Å². The highest BCUT2D eigenvalue weighted by Crippen LogP contribution is 2.16. The van der Waals surface area contributed by atoms with Crippen molar-refractivity contribution in [1.29, 1.82) is 0 Å². The Balaban J connectivity index is 0.00000149. The molecule has 0 aromatic heterocycles. The zero-order chi connectivity index (χ0) is 18.0. The number of ketones is 1. The van der Waals surface area contributed by atoms with Crippen LogP contribution in [0.25, 0.3) is 0 Å². The van der Waals surface area contributed by atoms with Crippen LogP contribution >= 0.6 is 31.7 Å². The number of aliphatic hydroxyl groups excluding tert-OH is 1. The lowest BCUT2D eigenvalue weighted by Gasteiger charge is -2.07. The summed E-state index contributed by atoms with van der Waals surface area (Å²) in [6.07, 6.45) is 0. The van der Waals surface area contributed by atoms with Crippen molar-refractivity contribution in [2.75, 3.05) is 6.61 Å². The van der Waals surface area contributed by atoms with E-state index < -0.39 is 28.3 Å². The Morgan fingerprint density at radius 1 is 1.17 bits per heavy atom. The number of hydrogen-bond donors (Lipinski definition) is 1. The molecule has 1 aromatic carbocycles. The van der Waals surface area contributed by atoms with E-state index in [1.54, 1.807) is 12.1 Å². The maximum absolute atomic E-state index is 12.2. The van der Waals surface area contributed by atoms with E-state index in [2.05, 4.69) is 4.74 Å². The van der Waals surface area contributed by atoms with E-state index in [0.29, 0.717) is 0 Å². The summed E-state index contributed by atoms with van der Waals surface area (Å²) in [5.41, 5.74) is 0.291. The molecule has 0 atom stereocenters. The molecule has 0 saturated carbocycles. The summed E-state index contributed by atoms with van der Waals surface area (Å²) in [6.45, 7) is 3.36. The second-order valence-electron chi connectivity index (χ2n) is 4.00. The fourth-order valence-corrected chi connectivity index (χ4v) is 1.54. The average Bonchev–Trinajstić information content (AvgIpc) is 2.49. The van der Waals surface area contributed by atoms with E-state index in [4.69, 9.17) is 31.7 Å². The fourth-order valence-electron chi connectivity index (χ4n) is 1.45. The molecule has 0 heterocycles. The van der Waals surface area contributed by atoms with Crippen molar-refractivity contribution in [2.45, 2.75) is 13.8 Å². The first-order valence-corrected chi connectivity index (χ1v) is 10.1. The van der Waals surface area contributed by atoms with Crippen molar-refractivity contribution in [3.8, 4) is 0 Å². The second kappa shape index (κ2) is 11.5. The number of carbonyl (C=O) groups is 3. The molecule has 0 aliphatic rings. The van der Waals surface area contributed by atoms with Crippen molar-refractivity contribution < 1.29 is 24.2 Å². The Morgan fingerprint density at radius 3 is 2.04 bits per heavy atom. The van der Waals surface area contributed by atoms with Crippen LogP contribution in [0.2, 0.25) is 0 Å². The number of aryl methyl sites for hydroxylation is 1. The molecule has 0 bridgehead atoms. The Morgan fingerprint density at radius 2 is 1.65 bits per heavy atom. The van der Waals surface area contributed by atoms with Gasteiger partial charge in [-0.2, -0.15) is 0 Å². The summed E-state index contributed by atoms with van der Waals surface area (Å²) in [5.74, 6) is -3.03. The highest BCUT2D eigenvalue weighted by Gasteiger charge is 2.28. The van der Waals surface area contributed by atoms with Crippen molar-refractivity contribution in [3.63, 3.8) is 0 Å². The van der Waals surface area contributed by atoms with Gasteiger partial charge in [0.15, 0.2) is 11.3 Å². The number of esters is 1. The third-order valence-corrected chi connectivity index (χ3v) is 2.62. The second-order valence-corrected chi connectivity index (χ2v) is 6.48. The zero-order valence-electron chi connectivity index (χ0n) is 12.3. The van der Waals surface area contributed by atoms with Gasteiger partial charge in [0, 0.05) is 5.56 Å². The Kier molecular flexibility index (Phi) is 11.0. The molecule has 0 spiro atoms. The number of allylic oxidation sites excluding steroid dienone is 1.